The van der Waals surface area contributed by atoms with E-state index in [4.69, 9.17) is 9.47 Å². The number of aliphatic hydroxyl groups excluding tert-OH is 1. The van der Waals surface area contributed by atoms with Crippen LogP contribution in [0.25, 0.3) is 10.9 Å². The van der Waals surface area contributed by atoms with Gasteiger partial charge in [-0.25, -0.2) is 0 Å². The van der Waals surface area contributed by atoms with Gasteiger partial charge in [0.15, 0.2) is 0 Å². The van der Waals surface area contributed by atoms with Gasteiger partial charge in [0.25, 0.3) is 0 Å². The Labute approximate surface area is 130 Å². The number of methoxy groups -OCH3 is 1. The van der Waals surface area contributed by atoms with Crippen molar-refractivity contribution in [1.82, 2.24) is 0 Å². The number of aliphatic hydroxyl groups is 1. The first-order chi connectivity index (χ1) is 9.45. The maximum atomic E-state index is 10.3. The van der Waals surface area contributed by atoms with Gasteiger partial charge in [-0.1, -0.05) is 12.1 Å². The van der Waals surface area contributed by atoms with Gasteiger partial charge in [0.2, 0.25) is 5.52 Å². The molecule has 0 bridgehead atoms. The first-order valence-electron chi connectivity index (χ1n) is 6.80. The SMILES string of the molecule is COc1c2c([n+](C)c3ccccc13)OC(C)(C)[C@@H](O)C2.[Cl-]. The summed E-state index contributed by atoms with van der Waals surface area (Å²) >= 11 is 0. The molecule has 0 saturated carbocycles. The van der Waals surface area contributed by atoms with E-state index in [-0.39, 0.29) is 12.4 Å². The van der Waals surface area contributed by atoms with Crippen molar-refractivity contribution in [2.24, 2.45) is 7.05 Å². The highest BCUT2D eigenvalue weighted by Gasteiger charge is 2.42. The minimum Gasteiger partial charge on any atom is -1.00 e. The Morgan fingerprint density at radius 1 is 1.33 bits per heavy atom. The average molecular weight is 310 g/mol. The van der Waals surface area contributed by atoms with Crippen molar-refractivity contribution in [3.05, 3.63) is 29.8 Å². The maximum Gasteiger partial charge on any atom is 0.375 e. The summed E-state index contributed by atoms with van der Waals surface area (Å²) in [4.78, 5) is 0. The van der Waals surface area contributed by atoms with Crippen molar-refractivity contribution in [2.45, 2.75) is 32.0 Å². The molecule has 2 aromatic rings. The molecule has 1 atom stereocenters. The van der Waals surface area contributed by atoms with E-state index in [1.165, 1.54) is 0 Å². The van der Waals surface area contributed by atoms with Gasteiger partial charge in [0.05, 0.1) is 18.6 Å². The molecule has 114 valence electrons. The Bertz CT molecular complexity index is 685. The minimum absolute atomic E-state index is 0. The topological polar surface area (TPSA) is 42.6 Å². The van der Waals surface area contributed by atoms with Crippen molar-refractivity contribution in [2.75, 3.05) is 7.11 Å². The summed E-state index contributed by atoms with van der Waals surface area (Å²) in [5.41, 5.74) is 1.38. The standard InChI is InChI=1S/C16H20NO3.ClH/c1-16(2)13(18)9-11-14(19-4)10-7-5-6-8-12(10)17(3)15(11)20-16;/h5-8,13,18H,9H2,1-4H3;1H/q+1;/p-1/t13-;/m0./s1. The summed E-state index contributed by atoms with van der Waals surface area (Å²) in [6.45, 7) is 3.81. The molecule has 0 amide bonds. The molecule has 4 nitrogen and oxygen atoms in total. The quantitative estimate of drug-likeness (QED) is 0.670. The third-order valence-corrected chi connectivity index (χ3v) is 4.11. The number of fused-ring (bicyclic) bond motifs is 2. The molecule has 5 heteroatoms. The van der Waals surface area contributed by atoms with Crippen LogP contribution in [0, 0.1) is 0 Å². The molecule has 1 N–H and O–H groups in total. The molecule has 1 aromatic carbocycles. The Morgan fingerprint density at radius 3 is 2.67 bits per heavy atom. The smallest absolute Gasteiger partial charge is 0.375 e. The molecule has 2 heterocycles. The third-order valence-electron chi connectivity index (χ3n) is 4.11. The van der Waals surface area contributed by atoms with Crippen molar-refractivity contribution in [3.63, 3.8) is 0 Å². The second kappa shape index (κ2) is 5.35. The lowest BCUT2D eigenvalue weighted by atomic mass is 9.91. The summed E-state index contributed by atoms with van der Waals surface area (Å²) in [6, 6.07) is 8.05. The number of halogens is 1. The van der Waals surface area contributed by atoms with E-state index in [9.17, 15) is 5.11 Å². The van der Waals surface area contributed by atoms with Gasteiger partial charge in [-0.2, -0.15) is 4.57 Å². The van der Waals surface area contributed by atoms with Gasteiger partial charge in [-0.05, 0) is 19.9 Å². The summed E-state index contributed by atoms with van der Waals surface area (Å²) < 4.78 is 13.7. The number of ether oxygens (including phenoxy) is 2. The zero-order chi connectivity index (χ0) is 14.5. The average Bonchev–Trinajstić information content (AvgIpc) is 2.42. The molecule has 0 fully saturated rings. The molecule has 0 aliphatic carbocycles. The van der Waals surface area contributed by atoms with Crippen LogP contribution in [0.15, 0.2) is 24.3 Å². The van der Waals surface area contributed by atoms with E-state index in [0.717, 1.165) is 28.1 Å². The summed E-state index contributed by atoms with van der Waals surface area (Å²) in [5.74, 6) is 1.57. The van der Waals surface area contributed by atoms with Gasteiger partial charge < -0.3 is 27.0 Å². The number of rotatable bonds is 1. The van der Waals surface area contributed by atoms with Crippen LogP contribution in [-0.4, -0.2) is 23.9 Å². The van der Waals surface area contributed by atoms with Crippen LogP contribution in [0.2, 0.25) is 0 Å². The van der Waals surface area contributed by atoms with Crippen molar-refractivity contribution >= 4 is 10.9 Å². The predicted molar refractivity (Wildman–Crippen MR) is 76.1 cm³/mol. The van der Waals surface area contributed by atoms with E-state index in [1.807, 2.05) is 49.7 Å². The fraction of sp³-hybridized carbons (Fsp3) is 0.438. The number of pyridine rings is 1. The number of nitrogens with zero attached hydrogens (tertiary/aromatic N) is 1. The van der Waals surface area contributed by atoms with Crippen LogP contribution in [0.5, 0.6) is 11.6 Å². The largest absolute Gasteiger partial charge is 1.00 e. The van der Waals surface area contributed by atoms with E-state index in [1.54, 1.807) is 7.11 Å². The third kappa shape index (κ3) is 2.32. The minimum atomic E-state index is -0.599. The first-order valence-corrected chi connectivity index (χ1v) is 6.80. The van der Waals surface area contributed by atoms with Crippen molar-refractivity contribution < 1.29 is 31.6 Å². The highest BCUT2D eigenvalue weighted by molar-refractivity contribution is 5.84. The van der Waals surface area contributed by atoms with Crippen molar-refractivity contribution in [1.29, 1.82) is 0 Å². The Balaban J connectivity index is 0.00000161. The van der Waals surface area contributed by atoms with Crippen molar-refractivity contribution in [3.8, 4) is 11.6 Å². The second-order valence-electron chi connectivity index (χ2n) is 5.82. The molecule has 1 aliphatic heterocycles. The van der Waals surface area contributed by atoms with Gasteiger partial charge in [0, 0.05) is 12.5 Å². The van der Waals surface area contributed by atoms with Crippen LogP contribution in [0.4, 0.5) is 0 Å². The first kappa shape index (κ1) is 15.9. The van der Waals surface area contributed by atoms with Crippen LogP contribution in [0.1, 0.15) is 19.4 Å². The Hall–Kier alpha value is -1.52. The molecular weight excluding hydrogens is 290 g/mol. The fourth-order valence-electron chi connectivity index (χ4n) is 2.83. The van der Waals surface area contributed by atoms with E-state index >= 15 is 0 Å². The van der Waals surface area contributed by atoms with Crippen LogP contribution < -0.4 is 26.4 Å². The highest BCUT2D eigenvalue weighted by atomic mass is 35.5. The molecule has 0 spiro atoms. The van der Waals surface area contributed by atoms with Gasteiger partial charge >= 0.3 is 5.88 Å². The molecule has 0 radical (unpaired) electrons. The number of para-hydroxylation sites is 1. The Kier molecular flexibility index (Phi) is 4.04. The lowest BCUT2D eigenvalue weighted by Crippen LogP contribution is -3.00. The number of hydrogen-bond acceptors (Lipinski definition) is 3. The highest BCUT2D eigenvalue weighted by Crippen LogP contribution is 2.39. The number of benzene rings is 1. The van der Waals surface area contributed by atoms with E-state index in [2.05, 4.69) is 0 Å². The summed E-state index contributed by atoms with van der Waals surface area (Å²) in [6.07, 6.45) is -0.0189. The Morgan fingerprint density at radius 2 is 2.00 bits per heavy atom. The van der Waals surface area contributed by atoms with Gasteiger partial charge in [0.1, 0.15) is 24.0 Å². The zero-order valence-electron chi connectivity index (χ0n) is 12.7. The predicted octanol–water partition coefficient (Wildman–Crippen LogP) is -1.25. The lowest BCUT2D eigenvalue weighted by Gasteiger charge is -2.35. The van der Waals surface area contributed by atoms with Crippen LogP contribution >= 0.6 is 0 Å². The molecule has 21 heavy (non-hydrogen) atoms. The van der Waals surface area contributed by atoms with E-state index in [0.29, 0.717) is 6.42 Å². The monoisotopic (exact) mass is 309 g/mol. The number of aromatic nitrogens is 1. The summed E-state index contributed by atoms with van der Waals surface area (Å²) in [7, 11) is 3.64. The van der Waals surface area contributed by atoms with Crippen LogP contribution in [-0.2, 0) is 13.5 Å². The molecule has 1 aromatic heterocycles. The van der Waals surface area contributed by atoms with Gasteiger partial charge in [-0.3, -0.25) is 0 Å². The number of hydrogen-bond donors (Lipinski definition) is 1. The second-order valence-corrected chi connectivity index (χ2v) is 5.82. The normalized spacial score (nSPS) is 19.4. The fourth-order valence-corrected chi connectivity index (χ4v) is 2.83. The maximum absolute atomic E-state index is 10.3. The van der Waals surface area contributed by atoms with Gasteiger partial charge in [-0.15, -0.1) is 0 Å². The van der Waals surface area contributed by atoms with Crippen LogP contribution in [0.3, 0.4) is 0 Å². The molecular formula is C16H20ClNO3. The molecule has 1 aliphatic rings. The lowest BCUT2D eigenvalue weighted by molar-refractivity contribution is -0.654. The van der Waals surface area contributed by atoms with E-state index < -0.39 is 11.7 Å². The summed E-state index contributed by atoms with van der Waals surface area (Å²) in [5, 5.41) is 11.3. The molecule has 3 rings (SSSR count). The number of aryl methyl sites for hydroxylation is 1. The molecule has 0 unspecified atom stereocenters. The zero-order valence-corrected chi connectivity index (χ0v) is 13.4. The molecule has 0 saturated heterocycles.